The predicted molar refractivity (Wildman–Crippen MR) is 60.3 cm³/mol. The van der Waals surface area contributed by atoms with Crippen molar-refractivity contribution in [3.8, 4) is 5.88 Å². The average Bonchev–Trinajstić information content (AvgIpc) is 2.30. The lowest BCUT2D eigenvalue weighted by atomic mass is 9.76. The zero-order valence-electron chi connectivity index (χ0n) is 9.68. The Balaban J connectivity index is 2.32. The van der Waals surface area contributed by atoms with Gasteiger partial charge in [-0.3, -0.25) is 0 Å². The largest absolute Gasteiger partial charge is 0.512 e. The minimum Gasteiger partial charge on any atom is -0.449 e. The van der Waals surface area contributed by atoms with E-state index < -0.39 is 6.16 Å². The van der Waals surface area contributed by atoms with E-state index in [1.54, 1.807) is 6.07 Å². The Morgan fingerprint density at radius 3 is 2.88 bits per heavy atom. The molecule has 92 valence electrons. The summed E-state index contributed by atoms with van der Waals surface area (Å²) in [6, 6.07) is 3.67. The van der Waals surface area contributed by atoms with Crippen LogP contribution in [-0.4, -0.2) is 29.5 Å². The van der Waals surface area contributed by atoms with Gasteiger partial charge in [0.25, 0.3) is 0 Å². The van der Waals surface area contributed by atoms with Gasteiger partial charge in [-0.25, -0.2) is 9.78 Å². The molecule has 0 unspecified atom stereocenters. The van der Waals surface area contributed by atoms with Gasteiger partial charge >= 0.3 is 6.16 Å². The van der Waals surface area contributed by atoms with Gasteiger partial charge in [-0.1, -0.05) is 13.0 Å². The van der Waals surface area contributed by atoms with Crippen LogP contribution in [0.25, 0.3) is 0 Å². The fraction of sp³-hybridized carbons (Fsp3) is 0.500. The van der Waals surface area contributed by atoms with E-state index in [1.807, 2.05) is 6.07 Å². The van der Waals surface area contributed by atoms with Gasteiger partial charge in [-0.2, -0.15) is 0 Å². The number of carboxylic acid groups (broad SMARTS) is 1. The molecule has 1 N–H and O–H groups in total. The predicted octanol–water partition coefficient (Wildman–Crippen LogP) is 2.21. The molecule has 1 aliphatic heterocycles. The maximum atomic E-state index is 10.6. The number of pyridine rings is 1. The molecule has 2 rings (SSSR count). The van der Waals surface area contributed by atoms with Crippen molar-refractivity contribution in [3.63, 3.8) is 0 Å². The summed E-state index contributed by atoms with van der Waals surface area (Å²) in [7, 11) is 0. The summed E-state index contributed by atoms with van der Waals surface area (Å²) in [6.07, 6.45) is 1.88. The van der Waals surface area contributed by atoms with E-state index >= 15 is 0 Å². The number of ether oxygens (including phenoxy) is 2. The van der Waals surface area contributed by atoms with Crippen molar-refractivity contribution in [2.75, 3.05) is 13.2 Å². The monoisotopic (exact) mass is 237 g/mol. The summed E-state index contributed by atoms with van der Waals surface area (Å²) in [5.74, 6) is 0.185. The van der Waals surface area contributed by atoms with Crippen LogP contribution in [0.4, 0.5) is 4.79 Å². The molecule has 5 heteroatoms. The molecular formula is C12H15NO4. The highest BCUT2D eigenvalue weighted by Crippen LogP contribution is 2.38. The van der Waals surface area contributed by atoms with Crippen molar-refractivity contribution in [2.45, 2.75) is 25.2 Å². The first-order valence-corrected chi connectivity index (χ1v) is 5.56. The first-order valence-electron chi connectivity index (χ1n) is 5.56. The molecule has 2 heterocycles. The van der Waals surface area contributed by atoms with Gasteiger partial charge in [0.15, 0.2) is 0 Å². The van der Waals surface area contributed by atoms with Crippen LogP contribution in [-0.2, 0) is 10.2 Å². The lowest BCUT2D eigenvalue weighted by Crippen LogP contribution is -2.31. The molecule has 1 saturated heterocycles. The Bertz CT molecular complexity index is 413. The molecule has 0 bridgehead atoms. The molecule has 1 aromatic rings. The minimum absolute atomic E-state index is 0.128. The standard InChI is InChI=1S/C12H15NO4/c1-12(4-7-16-8-5-12)9-3-2-6-13-10(9)17-11(14)15/h2-3,6H,4-5,7-8H2,1H3,(H,14,15). The first kappa shape index (κ1) is 11.9. The maximum absolute atomic E-state index is 10.6. The van der Waals surface area contributed by atoms with Crippen LogP contribution in [0, 0.1) is 0 Å². The molecule has 0 aliphatic carbocycles. The third-order valence-corrected chi connectivity index (χ3v) is 3.20. The van der Waals surface area contributed by atoms with E-state index in [2.05, 4.69) is 11.9 Å². The molecule has 0 radical (unpaired) electrons. The van der Waals surface area contributed by atoms with Gasteiger partial charge in [0.05, 0.1) is 0 Å². The number of aromatic nitrogens is 1. The molecule has 1 aliphatic rings. The Labute approximate surface area is 99.4 Å². The van der Waals surface area contributed by atoms with Crippen LogP contribution in [0.5, 0.6) is 5.88 Å². The quantitative estimate of drug-likeness (QED) is 0.798. The van der Waals surface area contributed by atoms with E-state index in [-0.39, 0.29) is 11.3 Å². The highest BCUT2D eigenvalue weighted by atomic mass is 16.7. The Hall–Kier alpha value is -1.62. The molecule has 0 aromatic carbocycles. The highest BCUT2D eigenvalue weighted by molar-refractivity contribution is 5.61. The van der Waals surface area contributed by atoms with Crippen molar-refractivity contribution in [3.05, 3.63) is 23.9 Å². The second-order valence-corrected chi connectivity index (χ2v) is 4.40. The fourth-order valence-electron chi connectivity index (χ4n) is 2.11. The summed E-state index contributed by atoms with van der Waals surface area (Å²) in [5.41, 5.74) is 0.711. The second-order valence-electron chi connectivity index (χ2n) is 4.40. The van der Waals surface area contributed by atoms with Gasteiger partial charge < -0.3 is 14.6 Å². The normalized spacial score (nSPS) is 18.6. The summed E-state index contributed by atoms with van der Waals surface area (Å²) in [4.78, 5) is 14.6. The lowest BCUT2D eigenvalue weighted by Gasteiger charge is -2.34. The van der Waals surface area contributed by atoms with Crippen LogP contribution in [0.2, 0.25) is 0 Å². The number of hydrogen-bond acceptors (Lipinski definition) is 4. The number of carbonyl (C=O) groups is 1. The van der Waals surface area contributed by atoms with E-state index in [4.69, 9.17) is 14.6 Å². The first-order chi connectivity index (χ1) is 8.12. The Kier molecular flexibility index (Phi) is 3.28. The molecule has 5 nitrogen and oxygen atoms in total. The molecule has 0 saturated carbocycles. The minimum atomic E-state index is -1.33. The van der Waals surface area contributed by atoms with Crippen LogP contribution in [0.3, 0.4) is 0 Å². The molecule has 1 aromatic heterocycles. The lowest BCUT2D eigenvalue weighted by molar-refractivity contribution is 0.0552. The third kappa shape index (κ3) is 2.55. The van der Waals surface area contributed by atoms with Crippen molar-refractivity contribution in [1.82, 2.24) is 4.98 Å². The van der Waals surface area contributed by atoms with Gasteiger partial charge in [0, 0.05) is 30.4 Å². The van der Waals surface area contributed by atoms with Crippen LogP contribution in [0.1, 0.15) is 25.3 Å². The molecule has 0 amide bonds. The number of nitrogens with zero attached hydrogens (tertiary/aromatic N) is 1. The fourth-order valence-corrected chi connectivity index (χ4v) is 2.11. The molecule has 0 spiro atoms. The smallest absolute Gasteiger partial charge is 0.449 e. The zero-order chi connectivity index (χ0) is 12.3. The summed E-state index contributed by atoms with van der Waals surface area (Å²) in [5, 5.41) is 8.69. The SMILES string of the molecule is CC1(c2cccnc2OC(=O)O)CCOCC1. The van der Waals surface area contributed by atoms with Crippen molar-refractivity contribution >= 4 is 6.16 Å². The summed E-state index contributed by atoms with van der Waals surface area (Å²) >= 11 is 0. The molecule has 0 atom stereocenters. The van der Waals surface area contributed by atoms with Gasteiger partial charge in [-0.15, -0.1) is 0 Å². The van der Waals surface area contributed by atoms with Crippen LogP contribution in [0.15, 0.2) is 18.3 Å². The number of hydrogen-bond donors (Lipinski definition) is 1. The number of rotatable bonds is 2. The second kappa shape index (κ2) is 4.71. The van der Waals surface area contributed by atoms with Crippen molar-refractivity contribution < 1.29 is 19.4 Å². The topological polar surface area (TPSA) is 68.7 Å². The van der Waals surface area contributed by atoms with E-state index in [0.717, 1.165) is 18.4 Å². The van der Waals surface area contributed by atoms with Crippen LogP contribution >= 0.6 is 0 Å². The molecular weight excluding hydrogens is 222 g/mol. The van der Waals surface area contributed by atoms with E-state index in [0.29, 0.717) is 13.2 Å². The van der Waals surface area contributed by atoms with Crippen LogP contribution < -0.4 is 4.74 Å². The summed E-state index contributed by atoms with van der Waals surface area (Å²) < 4.78 is 10.1. The van der Waals surface area contributed by atoms with Crippen molar-refractivity contribution in [1.29, 1.82) is 0 Å². The van der Waals surface area contributed by atoms with Gasteiger partial charge in [0.2, 0.25) is 5.88 Å². The zero-order valence-corrected chi connectivity index (χ0v) is 9.68. The molecule has 17 heavy (non-hydrogen) atoms. The van der Waals surface area contributed by atoms with Gasteiger partial charge in [0.1, 0.15) is 0 Å². The summed E-state index contributed by atoms with van der Waals surface area (Å²) in [6.45, 7) is 3.44. The highest BCUT2D eigenvalue weighted by Gasteiger charge is 2.33. The Morgan fingerprint density at radius 1 is 1.53 bits per heavy atom. The Morgan fingerprint density at radius 2 is 2.24 bits per heavy atom. The average molecular weight is 237 g/mol. The van der Waals surface area contributed by atoms with E-state index in [1.165, 1.54) is 6.20 Å². The maximum Gasteiger partial charge on any atom is 0.512 e. The van der Waals surface area contributed by atoms with Crippen molar-refractivity contribution in [2.24, 2.45) is 0 Å². The van der Waals surface area contributed by atoms with E-state index in [9.17, 15) is 4.79 Å². The third-order valence-electron chi connectivity index (χ3n) is 3.20. The van der Waals surface area contributed by atoms with Gasteiger partial charge in [-0.05, 0) is 18.9 Å². The molecule has 1 fully saturated rings.